The number of pyridine rings is 1. The second-order valence-electron chi connectivity index (χ2n) is 6.77. The maximum atomic E-state index is 12.7. The van der Waals surface area contributed by atoms with Gasteiger partial charge in [0, 0.05) is 13.1 Å². The van der Waals surface area contributed by atoms with Crippen LogP contribution in [0.1, 0.15) is 28.4 Å². The maximum Gasteiger partial charge on any atom is 0.339 e. The van der Waals surface area contributed by atoms with Gasteiger partial charge in [0.05, 0.1) is 16.8 Å². The minimum atomic E-state index is -3.87. The number of carbonyl (C=O) groups is 1. The van der Waals surface area contributed by atoms with Gasteiger partial charge in [0.1, 0.15) is 11.4 Å². The van der Waals surface area contributed by atoms with Crippen LogP contribution >= 0.6 is 0 Å². The molecule has 3 aromatic rings. The van der Waals surface area contributed by atoms with Gasteiger partial charge in [-0.1, -0.05) is 48.5 Å². The highest BCUT2D eigenvalue weighted by Gasteiger charge is 2.21. The van der Waals surface area contributed by atoms with E-state index in [0.717, 1.165) is 5.56 Å². The molecular formula is C22H23N3O4S. The maximum absolute atomic E-state index is 12.7. The van der Waals surface area contributed by atoms with Gasteiger partial charge in [0.15, 0.2) is 0 Å². The molecule has 0 aliphatic heterocycles. The lowest BCUT2D eigenvalue weighted by Gasteiger charge is -2.24. The van der Waals surface area contributed by atoms with Gasteiger partial charge in [-0.15, -0.1) is 0 Å². The number of carboxylic acids is 1. The third-order valence-electron chi connectivity index (χ3n) is 4.63. The lowest BCUT2D eigenvalue weighted by molar-refractivity contribution is 0.0697. The van der Waals surface area contributed by atoms with Crippen LogP contribution in [0, 0.1) is 6.92 Å². The molecule has 0 saturated heterocycles. The number of hydrogen-bond acceptors (Lipinski definition) is 5. The van der Waals surface area contributed by atoms with E-state index in [-0.39, 0.29) is 22.0 Å². The van der Waals surface area contributed by atoms with Crippen molar-refractivity contribution in [3.05, 3.63) is 83.6 Å². The number of sulfonamides is 1. The van der Waals surface area contributed by atoms with Crippen molar-refractivity contribution < 1.29 is 18.3 Å². The molecule has 2 N–H and O–H groups in total. The van der Waals surface area contributed by atoms with E-state index >= 15 is 0 Å². The van der Waals surface area contributed by atoms with Crippen LogP contribution < -0.4 is 9.62 Å². The van der Waals surface area contributed by atoms with E-state index in [4.69, 9.17) is 0 Å². The highest BCUT2D eigenvalue weighted by molar-refractivity contribution is 7.92. The molecule has 0 bridgehead atoms. The molecule has 0 radical (unpaired) electrons. The Morgan fingerprint density at radius 2 is 1.77 bits per heavy atom. The highest BCUT2D eigenvalue weighted by Crippen LogP contribution is 2.25. The zero-order valence-corrected chi connectivity index (χ0v) is 17.6. The number of hydrogen-bond donors (Lipinski definition) is 2. The summed E-state index contributed by atoms with van der Waals surface area (Å²) in [6.45, 7) is 4.63. The number of aromatic carboxylic acids is 1. The summed E-state index contributed by atoms with van der Waals surface area (Å²) in [5.74, 6) is -0.895. The van der Waals surface area contributed by atoms with Crippen LogP contribution in [0.3, 0.4) is 0 Å². The SMILES string of the molecule is CCN(Cc1ccccc1)c1ncc(NS(=O)(=O)c2ccccc2C)cc1C(=O)O. The van der Waals surface area contributed by atoms with Crippen LogP contribution in [0.4, 0.5) is 11.5 Å². The first-order valence-electron chi connectivity index (χ1n) is 9.42. The molecule has 0 atom stereocenters. The second kappa shape index (κ2) is 8.96. The summed E-state index contributed by atoms with van der Waals surface area (Å²) >= 11 is 0. The Labute approximate surface area is 176 Å². The van der Waals surface area contributed by atoms with E-state index in [1.165, 1.54) is 18.3 Å². The molecule has 0 aliphatic carbocycles. The number of anilines is 2. The van der Waals surface area contributed by atoms with Crippen molar-refractivity contribution in [2.45, 2.75) is 25.3 Å². The van der Waals surface area contributed by atoms with Crippen LogP contribution in [-0.4, -0.2) is 31.0 Å². The van der Waals surface area contributed by atoms with E-state index in [2.05, 4.69) is 9.71 Å². The van der Waals surface area contributed by atoms with Gasteiger partial charge in [-0.3, -0.25) is 4.72 Å². The summed E-state index contributed by atoms with van der Waals surface area (Å²) in [7, 11) is -3.87. The number of carboxylic acid groups (broad SMARTS) is 1. The largest absolute Gasteiger partial charge is 0.478 e. The normalized spacial score (nSPS) is 11.1. The molecule has 0 fully saturated rings. The average Bonchev–Trinajstić information content (AvgIpc) is 2.72. The number of rotatable bonds is 8. The molecule has 0 unspecified atom stereocenters. The monoisotopic (exact) mass is 425 g/mol. The number of nitrogens with one attached hydrogen (secondary N) is 1. The summed E-state index contributed by atoms with van der Waals surface area (Å²) in [6.07, 6.45) is 1.34. The smallest absolute Gasteiger partial charge is 0.339 e. The molecule has 3 rings (SSSR count). The molecular weight excluding hydrogens is 402 g/mol. The molecule has 30 heavy (non-hydrogen) atoms. The summed E-state index contributed by atoms with van der Waals surface area (Å²) < 4.78 is 27.9. The Morgan fingerprint density at radius 1 is 1.10 bits per heavy atom. The lowest BCUT2D eigenvalue weighted by atomic mass is 10.2. The second-order valence-corrected chi connectivity index (χ2v) is 8.42. The zero-order valence-electron chi connectivity index (χ0n) is 16.7. The Bertz CT molecular complexity index is 1150. The molecule has 156 valence electrons. The minimum Gasteiger partial charge on any atom is -0.478 e. The molecule has 0 amide bonds. The van der Waals surface area contributed by atoms with E-state index in [1.54, 1.807) is 25.1 Å². The molecule has 1 heterocycles. The highest BCUT2D eigenvalue weighted by atomic mass is 32.2. The van der Waals surface area contributed by atoms with E-state index in [1.807, 2.05) is 42.2 Å². The molecule has 8 heteroatoms. The predicted molar refractivity (Wildman–Crippen MR) is 116 cm³/mol. The Kier molecular flexibility index (Phi) is 6.37. The zero-order chi connectivity index (χ0) is 21.7. The van der Waals surface area contributed by atoms with Crippen LogP contribution in [0.5, 0.6) is 0 Å². The van der Waals surface area contributed by atoms with Gasteiger partial charge in [-0.05, 0) is 37.1 Å². The summed E-state index contributed by atoms with van der Waals surface area (Å²) in [5.41, 5.74) is 1.63. The third-order valence-corrected chi connectivity index (χ3v) is 6.17. The first-order chi connectivity index (χ1) is 14.3. The molecule has 0 aliphatic rings. The van der Waals surface area contributed by atoms with E-state index in [0.29, 0.717) is 18.7 Å². The van der Waals surface area contributed by atoms with Crippen molar-refractivity contribution in [3.63, 3.8) is 0 Å². The molecule has 2 aromatic carbocycles. The third kappa shape index (κ3) is 4.77. The summed E-state index contributed by atoms with van der Waals surface area (Å²) in [6, 6.07) is 17.5. The van der Waals surface area contributed by atoms with Crippen molar-refractivity contribution in [1.29, 1.82) is 0 Å². The van der Waals surface area contributed by atoms with Crippen LogP contribution in [0.25, 0.3) is 0 Å². The predicted octanol–water partition coefficient (Wildman–Crippen LogP) is 3.92. The molecule has 0 saturated carbocycles. The van der Waals surface area contributed by atoms with Crippen molar-refractivity contribution in [3.8, 4) is 0 Å². The van der Waals surface area contributed by atoms with E-state index in [9.17, 15) is 18.3 Å². The van der Waals surface area contributed by atoms with Crippen molar-refractivity contribution in [2.24, 2.45) is 0 Å². The number of benzene rings is 2. The van der Waals surface area contributed by atoms with Crippen molar-refractivity contribution in [1.82, 2.24) is 4.98 Å². The van der Waals surface area contributed by atoms with Gasteiger partial charge >= 0.3 is 5.97 Å². The van der Waals surface area contributed by atoms with Crippen LogP contribution in [0.15, 0.2) is 71.8 Å². The fourth-order valence-corrected chi connectivity index (χ4v) is 4.41. The number of nitrogens with zero attached hydrogens (tertiary/aromatic N) is 2. The standard InChI is InChI=1S/C22H23N3O4S/c1-3-25(15-17-10-5-4-6-11-17)21-19(22(26)27)13-18(14-23-21)24-30(28,29)20-12-8-7-9-16(20)2/h4-14,24H,3,15H2,1-2H3,(H,26,27). The first-order valence-corrected chi connectivity index (χ1v) is 10.9. The van der Waals surface area contributed by atoms with Gasteiger partial charge in [-0.2, -0.15) is 0 Å². The van der Waals surface area contributed by atoms with Crippen molar-refractivity contribution >= 4 is 27.5 Å². The number of aromatic nitrogens is 1. The van der Waals surface area contributed by atoms with Crippen LogP contribution in [-0.2, 0) is 16.6 Å². The Hall–Kier alpha value is -3.39. The Morgan fingerprint density at radius 3 is 2.40 bits per heavy atom. The topological polar surface area (TPSA) is 99.6 Å². The lowest BCUT2D eigenvalue weighted by Crippen LogP contribution is -2.25. The van der Waals surface area contributed by atoms with Gasteiger partial charge < -0.3 is 10.0 Å². The fourth-order valence-electron chi connectivity index (χ4n) is 3.13. The average molecular weight is 426 g/mol. The first kappa shape index (κ1) is 21.3. The quantitative estimate of drug-likeness (QED) is 0.568. The van der Waals surface area contributed by atoms with Gasteiger partial charge in [0.2, 0.25) is 0 Å². The molecule has 0 spiro atoms. The van der Waals surface area contributed by atoms with E-state index < -0.39 is 16.0 Å². The Balaban J connectivity index is 1.93. The summed E-state index contributed by atoms with van der Waals surface area (Å²) in [5, 5.41) is 9.72. The molecule has 7 nitrogen and oxygen atoms in total. The molecule has 1 aromatic heterocycles. The number of aryl methyl sites for hydroxylation is 1. The van der Waals surface area contributed by atoms with Crippen molar-refractivity contribution in [2.75, 3.05) is 16.2 Å². The van der Waals surface area contributed by atoms with Gasteiger partial charge in [-0.25, -0.2) is 18.2 Å². The van der Waals surface area contributed by atoms with Crippen LogP contribution in [0.2, 0.25) is 0 Å². The van der Waals surface area contributed by atoms with Gasteiger partial charge in [0.25, 0.3) is 10.0 Å². The minimum absolute atomic E-state index is 0.0715. The fraction of sp³-hybridized carbons (Fsp3) is 0.182. The summed E-state index contributed by atoms with van der Waals surface area (Å²) in [4.78, 5) is 18.1.